The molecule has 0 saturated carbocycles. The fourth-order valence-corrected chi connectivity index (χ4v) is 0. The summed E-state index contributed by atoms with van der Waals surface area (Å²) < 4.78 is 0. The molecular formula is HBK2O3. The summed E-state index contributed by atoms with van der Waals surface area (Å²) in [6.45, 7) is 0. The van der Waals surface area contributed by atoms with Crippen LogP contribution in [-0.2, 0) is 0 Å². The van der Waals surface area contributed by atoms with Gasteiger partial charge in [-0.15, -0.1) is 0 Å². The van der Waals surface area contributed by atoms with Crippen molar-refractivity contribution in [2.24, 2.45) is 0 Å². The zero-order chi connectivity index (χ0) is 3.58. The summed E-state index contributed by atoms with van der Waals surface area (Å²) in [6, 6.07) is 0. The summed E-state index contributed by atoms with van der Waals surface area (Å²) in [5.41, 5.74) is 0. The summed E-state index contributed by atoms with van der Waals surface area (Å²) in [5.74, 6) is 0. The molecule has 3 nitrogen and oxygen atoms in total. The van der Waals surface area contributed by atoms with Gasteiger partial charge in [-0.05, 0) is 0 Å². The maximum Gasteiger partial charge on any atom is 1.00 e. The quantitative estimate of drug-likeness (QED) is 0.312. The number of hydrogen-bond acceptors (Lipinski definition) is 3. The van der Waals surface area contributed by atoms with Crippen LogP contribution in [0.1, 0.15) is 1.43 Å². The third kappa shape index (κ3) is 27.0. The van der Waals surface area contributed by atoms with Crippen molar-refractivity contribution in [2.75, 3.05) is 0 Å². The molecule has 0 aliphatic heterocycles. The molecule has 0 saturated heterocycles. The smallest absolute Gasteiger partial charge is 0.907 e. The molecule has 0 radical (unpaired) electrons. The van der Waals surface area contributed by atoms with Crippen molar-refractivity contribution in [3.05, 3.63) is 0 Å². The van der Waals surface area contributed by atoms with E-state index < -0.39 is 7.32 Å². The minimum Gasteiger partial charge on any atom is -0.907 e. The van der Waals surface area contributed by atoms with Gasteiger partial charge in [0.1, 0.15) is 0 Å². The molecular weight excluding hydrogens is 137 g/mol. The van der Waals surface area contributed by atoms with Crippen molar-refractivity contribution in [1.82, 2.24) is 0 Å². The van der Waals surface area contributed by atoms with Crippen molar-refractivity contribution in [3.8, 4) is 0 Å². The van der Waals surface area contributed by atoms with Gasteiger partial charge in [-0.1, -0.05) is 0 Å². The van der Waals surface area contributed by atoms with Gasteiger partial charge in [0.15, 0.2) is 0 Å². The van der Waals surface area contributed by atoms with Crippen LogP contribution in [0.4, 0.5) is 0 Å². The Morgan fingerprint density at radius 3 is 1.00 bits per heavy atom. The second kappa shape index (κ2) is 11.1. The fourth-order valence-electron chi connectivity index (χ4n) is 0. The third-order valence-electron chi connectivity index (χ3n) is 0. The van der Waals surface area contributed by atoms with Crippen LogP contribution in [0.25, 0.3) is 0 Å². The van der Waals surface area contributed by atoms with E-state index in [0.29, 0.717) is 0 Å². The molecule has 0 aliphatic rings. The first-order valence-electron chi connectivity index (χ1n) is 0.707. The van der Waals surface area contributed by atoms with Crippen molar-refractivity contribution < 1.29 is 119 Å². The topological polar surface area (TPSA) is 69.2 Å². The fraction of sp³-hybridized carbons (Fsp3) is 0. The van der Waals surface area contributed by atoms with E-state index in [-0.39, 0.29) is 104 Å². The van der Waals surface area contributed by atoms with E-state index >= 15 is 0 Å². The van der Waals surface area contributed by atoms with E-state index in [0.717, 1.165) is 0 Å². The molecule has 0 bridgehead atoms. The Morgan fingerprint density at radius 1 is 1.00 bits per heavy atom. The maximum absolute atomic E-state index is 8.42. The molecule has 0 N–H and O–H groups in total. The van der Waals surface area contributed by atoms with Gasteiger partial charge >= 0.3 is 104 Å². The van der Waals surface area contributed by atoms with Crippen molar-refractivity contribution >= 4 is 7.32 Å². The van der Waals surface area contributed by atoms with Crippen LogP contribution in [-0.4, -0.2) is 7.32 Å². The Morgan fingerprint density at radius 2 is 1.00 bits per heavy atom. The first-order valence-corrected chi connectivity index (χ1v) is 0.707. The molecule has 0 amide bonds. The molecule has 0 unspecified atom stereocenters. The zero-order valence-electron chi connectivity index (χ0n) is 4.80. The molecule has 0 aromatic carbocycles. The Hall–Kier alpha value is 3.22. The third-order valence-corrected chi connectivity index (χ3v) is 0. The first kappa shape index (κ1) is 16.1. The van der Waals surface area contributed by atoms with Gasteiger partial charge in [-0.25, -0.2) is 0 Å². The van der Waals surface area contributed by atoms with E-state index in [2.05, 4.69) is 0 Å². The predicted octanol–water partition coefficient (Wildman–Crippen LogP) is -9.83. The van der Waals surface area contributed by atoms with Crippen LogP contribution in [0, 0.1) is 0 Å². The van der Waals surface area contributed by atoms with Crippen molar-refractivity contribution in [2.45, 2.75) is 0 Å². The number of rotatable bonds is 0. The molecule has 0 aromatic heterocycles. The average molecular weight is 138 g/mol. The van der Waals surface area contributed by atoms with Gasteiger partial charge in [0.25, 0.3) is 0 Å². The molecule has 0 atom stereocenters. The van der Waals surface area contributed by atoms with Gasteiger partial charge in [0.05, 0.1) is 0 Å². The Bertz CT molecular complexity index is 17.7. The first-order chi connectivity index (χ1) is 1.73. The second-order valence-electron chi connectivity index (χ2n) is 0.289. The van der Waals surface area contributed by atoms with Gasteiger partial charge in [-0.3, -0.25) is 7.32 Å². The molecule has 24 valence electrons. The molecule has 0 heterocycles. The van der Waals surface area contributed by atoms with Crippen LogP contribution < -0.4 is 118 Å². The van der Waals surface area contributed by atoms with E-state index in [1.54, 1.807) is 0 Å². The molecule has 6 heavy (non-hydrogen) atoms. The summed E-state index contributed by atoms with van der Waals surface area (Å²) in [7, 11) is -2.92. The van der Waals surface area contributed by atoms with Gasteiger partial charge in [0, 0.05) is 0 Å². The molecule has 0 rings (SSSR count). The van der Waals surface area contributed by atoms with Gasteiger partial charge in [-0.2, -0.15) is 0 Å². The standard InChI is InChI=1S/BO3.2K/c2-1(3)4;;/q-3;2*+1/p+1. The molecule has 0 spiro atoms. The van der Waals surface area contributed by atoms with Crippen molar-refractivity contribution in [3.63, 3.8) is 0 Å². The molecule has 0 fully saturated rings. The minimum atomic E-state index is -2.92. The van der Waals surface area contributed by atoms with Crippen LogP contribution >= 0.6 is 0 Å². The normalized spacial score (nSPS) is 4.50. The largest absolute Gasteiger partial charge is 1.00 e. The summed E-state index contributed by atoms with van der Waals surface area (Å²) in [5, 5.41) is 25.2. The number of hydrogen-bond donors (Lipinski definition) is 0. The van der Waals surface area contributed by atoms with Crippen LogP contribution in [0.15, 0.2) is 0 Å². The Kier molecular flexibility index (Phi) is 29.7. The summed E-state index contributed by atoms with van der Waals surface area (Å²) in [6.07, 6.45) is 0. The monoisotopic (exact) mass is 138 g/mol. The zero-order valence-corrected chi connectivity index (χ0v) is 10.0. The Balaban J connectivity index is -0.0000000150. The molecule has 6 heteroatoms. The van der Waals surface area contributed by atoms with E-state index in [4.69, 9.17) is 15.1 Å². The van der Waals surface area contributed by atoms with Crippen molar-refractivity contribution in [1.29, 1.82) is 0 Å². The van der Waals surface area contributed by atoms with E-state index in [9.17, 15) is 0 Å². The molecule has 0 aromatic rings. The van der Waals surface area contributed by atoms with Crippen LogP contribution in [0.2, 0.25) is 0 Å². The van der Waals surface area contributed by atoms with Crippen LogP contribution in [0.3, 0.4) is 0 Å². The van der Waals surface area contributed by atoms with E-state index in [1.165, 1.54) is 0 Å². The minimum absolute atomic E-state index is 0. The van der Waals surface area contributed by atoms with Crippen LogP contribution in [0.5, 0.6) is 0 Å². The summed E-state index contributed by atoms with van der Waals surface area (Å²) >= 11 is 0. The SMILES string of the molecule is [H+].[K+].[K+].[O-]B([O-])[O-]. The Labute approximate surface area is 123 Å². The average Bonchev–Trinajstić information content (AvgIpc) is 0.811. The predicted molar refractivity (Wildman–Crippen MR) is 6.87 cm³/mol. The van der Waals surface area contributed by atoms with Gasteiger partial charge < -0.3 is 15.1 Å². The molecule has 0 aliphatic carbocycles. The second-order valence-corrected chi connectivity index (χ2v) is 0.289. The van der Waals surface area contributed by atoms with E-state index in [1.807, 2.05) is 0 Å². The van der Waals surface area contributed by atoms with Gasteiger partial charge in [0.2, 0.25) is 0 Å². The summed E-state index contributed by atoms with van der Waals surface area (Å²) in [4.78, 5) is 0. The maximum atomic E-state index is 8.42.